The summed E-state index contributed by atoms with van der Waals surface area (Å²) in [7, 11) is -3.37. The Morgan fingerprint density at radius 3 is 2.60 bits per heavy atom. The first-order chi connectivity index (χ1) is 6.91. The maximum absolute atomic E-state index is 12.4. The van der Waals surface area contributed by atoms with Gasteiger partial charge in [0.25, 0.3) is 16.4 Å². The van der Waals surface area contributed by atoms with E-state index >= 15 is 0 Å². The Kier molecular flexibility index (Phi) is 4.78. The first-order valence-corrected chi connectivity index (χ1v) is 7.49. The van der Waals surface area contributed by atoms with Gasteiger partial charge in [0.1, 0.15) is 9.46 Å². The van der Waals surface area contributed by atoms with E-state index in [1.54, 1.807) is 0 Å². The van der Waals surface area contributed by atoms with Gasteiger partial charge >= 0.3 is 0 Å². The van der Waals surface area contributed by atoms with Gasteiger partial charge in [-0.3, -0.25) is 0 Å². The molecule has 0 N–H and O–H groups in total. The Morgan fingerprint density at radius 1 is 1.47 bits per heavy atom. The van der Waals surface area contributed by atoms with E-state index in [9.17, 15) is 21.6 Å². The molecule has 0 aliphatic carbocycles. The summed E-state index contributed by atoms with van der Waals surface area (Å²) in [5.74, 6) is 0.104. The molecule has 1 heterocycles. The minimum absolute atomic E-state index is 0.104. The normalized spacial score (nSPS) is 21.7. The Bertz CT molecular complexity index is 344. The third-order valence-corrected chi connectivity index (χ3v) is 5.62. The van der Waals surface area contributed by atoms with E-state index < -0.39 is 22.6 Å². The topological polar surface area (TPSA) is 46.5 Å². The van der Waals surface area contributed by atoms with Crippen molar-refractivity contribution < 1.29 is 21.6 Å². The summed E-state index contributed by atoms with van der Waals surface area (Å²) in [4.78, 5) is 0. The van der Waals surface area contributed by atoms with Crippen molar-refractivity contribution in [1.29, 1.82) is 0 Å². The average molecular weight is 279 g/mol. The van der Waals surface area contributed by atoms with Crippen LogP contribution < -0.4 is 0 Å². The standard InChI is InChI=1S/C6H8F3NO2S3/c7-4(5(8)9)1-2-13-6-10-15(11,12)3-14-6/h4-5H,1-3H2. The van der Waals surface area contributed by atoms with E-state index in [4.69, 9.17) is 0 Å². The van der Waals surface area contributed by atoms with Crippen molar-refractivity contribution in [1.82, 2.24) is 0 Å². The largest absolute Gasteiger partial charge is 0.269 e. The predicted octanol–water partition coefficient (Wildman–Crippen LogP) is 2.10. The van der Waals surface area contributed by atoms with Crippen LogP contribution in [0.3, 0.4) is 0 Å². The molecule has 1 atom stereocenters. The van der Waals surface area contributed by atoms with Crippen LogP contribution in [0.15, 0.2) is 4.40 Å². The zero-order valence-electron chi connectivity index (χ0n) is 7.40. The van der Waals surface area contributed by atoms with Crippen LogP contribution in [0.4, 0.5) is 13.2 Å². The lowest BCUT2D eigenvalue weighted by atomic mass is 10.3. The summed E-state index contributed by atoms with van der Waals surface area (Å²) in [5, 5.41) is -0.122. The number of rotatable bonds is 4. The lowest BCUT2D eigenvalue weighted by Crippen LogP contribution is -2.12. The fourth-order valence-electron chi connectivity index (χ4n) is 0.744. The molecule has 0 saturated heterocycles. The SMILES string of the molecule is O=S1(=O)CSC(SCCC(F)C(F)F)=N1. The molecule has 0 spiro atoms. The highest BCUT2D eigenvalue weighted by atomic mass is 32.3. The van der Waals surface area contributed by atoms with Gasteiger partial charge in [0.15, 0.2) is 6.17 Å². The minimum Gasteiger partial charge on any atom is -0.241 e. The highest BCUT2D eigenvalue weighted by Crippen LogP contribution is 2.28. The van der Waals surface area contributed by atoms with Crippen LogP contribution >= 0.6 is 23.5 Å². The molecule has 0 saturated carbocycles. The second kappa shape index (κ2) is 5.44. The van der Waals surface area contributed by atoms with Crippen LogP contribution in [0.25, 0.3) is 0 Å². The third-order valence-electron chi connectivity index (χ3n) is 1.44. The quantitative estimate of drug-likeness (QED) is 0.790. The van der Waals surface area contributed by atoms with E-state index in [2.05, 4.69) is 4.40 Å². The van der Waals surface area contributed by atoms with Crippen molar-refractivity contribution in [3.63, 3.8) is 0 Å². The molecule has 88 valence electrons. The van der Waals surface area contributed by atoms with Gasteiger partial charge in [-0.25, -0.2) is 21.6 Å². The molecule has 0 amide bonds. The molecule has 15 heavy (non-hydrogen) atoms. The lowest BCUT2D eigenvalue weighted by Gasteiger charge is -2.05. The van der Waals surface area contributed by atoms with Gasteiger partial charge in [0.2, 0.25) is 0 Å². The van der Waals surface area contributed by atoms with E-state index in [0.29, 0.717) is 4.38 Å². The van der Waals surface area contributed by atoms with Crippen LogP contribution in [-0.4, -0.2) is 36.2 Å². The molecule has 0 aromatic carbocycles. The van der Waals surface area contributed by atoms with Crippen molar-refractivity contribution in [2.24, 2.45) is 4.40 Å². The highest BCUT2D eigenvalue weighted by Gasteiger charge is 2.23. The third kappa shape index (κ3) is 4.64. The maximum Gasteiger partial charge on any atom is 0.269 e. The average Bonchev–Trinajstić information content (AvgIpc) is 2.45. The molecule has 3 nitrogen and oxygen atoms in total. The highest BCUT2D eigenvalue weighted by molar-refractivity contribution is 8.43. The van der Waals surface area contributed by atoms with Crippen LogP contribution in [0, 0.1) is 0 Å². The van der Waals surface area contributed by atoms with Gasteiger partial charge in [-0.1, -0.05) is 23.5 Å². The first kappa shape index (κ1) is 13.2. The smallest absolute Gasteiger partial charge is 0.241 e. The van der Waals surface area contributed by atoms with E-state index in [0.717, 1.165) is 23.5 Å². The molecular weight excluding hydrogens is 271 g/mol. The second-order valence-corrected chi connectivity index (χ2v) is 7.00. The molecule has 9 heteroatoms. The molecule has 0 fully saturated rings. The minimum atomic E-state index is -3.37. The number of halogens is 3. The number of hydrogen-bond donors (Lipinski definition) is 0. The summed E-state index contributed by atoms with van der Waals surface area (Å²) < 4.78 is 61.2. The Balaban J connectivity index is 2.28. The lowest BCUT2D eigenvalue weighted by molar-refractivity contribution is 0.0488. The monoisotopic (exact) mass is 279 g/mol. The van der Waals surface area contributed by atoms with Crippen LogP contribution in [0.2, 0.25) is 0 Å². The van der Waals surface area contributed by atoms with Gasteiger partial charge < -0.3 is 0 Å². The molecule has 1 aliphatic heterocycles. The van der Waals surface area contributed by atoms with Gasteiger partial charge in [-0.15, -0.1) is 4.40 Å². The van der Waals surface area contributed by atoms with E-state index in [1.807, 2.05) is 0 Å². The van der Waals surface area contributed by atoms with E-state index in [1.165, 1.54) is 0 Å². The van der Waals surface area contributed by atoms with Gasteiger partial charge in [-0.05, 0) is 6.42 Å². The number of thioether (sulfide) groups is 2. The van der Waals surface area contributed by atoms with E-state index in [-0.39, 0.29) is 17.3 Å². The van der Waals surface area contributed by atoms with Crippen molar-refractivity contribution in [2.45, 2.75) is 19.0 Å². The van der Waals surface area contributed by atoms with Crippen molar-refractivity contribution in [3.05, 3.63) is 0 Å². The summed E-state index contributed by atoms with van der Waals surface area (Å²) in [6, 6.07) is 0. The molecule has 0 bridgehead atoms. The van der Waals surface area contributed by atoms with Gasteiger partial charge in [-0.2, -0.15) is 0 Å². The molecule has 1 unspecified atom stereocenters. The zero-order chi connectivity index (χ0) is 11.5. The van der Waals surface area contributed by atoms with Gasteiger partial charge in [0.05, 0.1) is 0 Å². The van der Waals surface area contributed by atoms with Crippen molar-refractivity contribution >= 4 is 37.9 Å². The Hall–Kier alpha value is 0.110. The maximum atomic E-state index is 12.4. The van der Waals surface area contributed by atoms with Crippen LogP contribution in [0.1, 0.15) is 6.42 Å². The number of nitrogens with zero attached hydrogens (tertiary/aromatic N) is 1. The predicted molar refractivity (Wildman–Crippen MR) is 56.8 cm³/mol. The first-order valence-electron chi connectivity index (χ1n) is 3.91. The van der Waals surface area contributed by atoms with Crippen molar-refractivity contribution in [3.8, 4) is 0 Å². The van der Waals surface area contributed by atoms with Crippen molar-refractivity contribution in [2.75, 3.05) is 10.8 Å². The second-order valence-electron chi connectivity index (χ2n) is 2.69. The molecular formula is C6H8F3NO2S3. The summed E-state index contributed by atoms with van der Waals surface area (Å²) in [6.07, 6.45) is -5.43. The molecule has 1 rings (SSSR count). The Morgan fingerprint density at radius 2 is 2.13 bits per heavy atom. The molecule has 0 radical (unpaired) electrons. The van der Waals surface area contributed by atoms with Crippen LogP contribution in [0.5, 0.6) is 0 Å². The van der Waals surface area contributed by atoms with Crippen LogP contribution in [-0.2, 0) is 10.0 Å². The summed E-state index contributed by atoms with van der Waals surface area (Å²) in [5.41, 5.74) is 0. The number of hydrogen-bond acceptors (Lipinski definition) is 4. The summed E-state index contributed by atoms with van der Waals surface area (Å²) in [6.45, 7) is 0. The zero-order valence-corrected chi connectivity index (χ0v) is 9.85. The summed E-state index contributed by atoms with van der Waals surface area (Å²) >= 11 is 2.02. The molecule has 0 aromatic rings. The van der Waals surface area contributed by atoms with Gasteiger partial charge in [0, 0.05) is 5.75 Å². The fourth-order valence-corrected chi connectivity index (χ4v) is 4.82. The molecule has 0 aromatic heterocycles. The Labute approximate surface area is 94.0 Å². The molecule has 1 aliphatic rings. The number of sulfonamides is 1. The fraction of sp³-hybridized carbons (Fsp3) is 0.833. The number of alkyl halides is 3.